The molecule has 206 valence electrons. The fourth-order valence-electron chi connectivity index (χ4n) is 4.46. The zero-order valence-electron chi connectivity index (χ0n) is 20.9. The van der Waals surface area contributed by atoms with Crippen molar-refractivity contribution in [3.05, 3.63) is 60.0 Å². The monoisotopic (exact) mass is 580 g/mol. The summed E-state index contributed by atoms with van der Waals surface area (Å²) in [5, 5.41) is 3.41. The van der Waals surface area contributed by atoms with Crippen LogP contribution >= 0.6 is 11.6 Å². The van der Waals surface area contributed by atoms with Crippen molar-refractivity contribution in [2.45, 2.75) is 25.1 Å². The van der Waals surface area contributed by atoms with Crippen LogP contribution in [-0.2, 0) is 23.2 Å². The highest BCUT2D eigenvalue weighted by molar-refractivity contribution is 7.88. The molecule has 4 aromatic rings. The van der Waals surface area contributed by atoms with Gasteiger partial charge >= 0.3 is 6.18 Å². The van der Waals surface area contributed by atoms with Crippen molar-refractivity contribution < 1.29 is 21.6 Å². The lowest BCUT2D eigenvalue weighted by Gasteiger charge is -2.30. The van der Waals surface area contributed by atoms with E-state index in [2.05, 4.69) is 25.3 Å². The summed E-state index contributed by atoms with van der Waals surface area (Å²) in [6.07, 6.45) is 4.27. The lowest BCUT2D eigenvalue weighted by atomic mass is 10.1. The summed E-state index contributed by atoms with van der Waals surface area (Å²) >= 11 is 6.53. The first-order chi connectivity index (χ1) is 18.4. The van der Waals surface area contributed by atoms with E-state index < -0.39 is 21.8 Å². The van der Waals surface area contributed by atoms with Gasteiger partial charge in [-0.05, 0) is 25.0 Å². The third kappa shape index (κ3) is 5.77. The lowest BCUT2D eigenvalue weighted by Crippen LogP contribution is -2.42. The van der Waals surface area contributed by atoms with Crippen LogP contribution in [0, 0.1) is 0 Å². The van der Waals surface area contributed by atoms with E-state index in [9.17, 15) is 21.6 Å². The zero-order valence-corrected chi connectivity index (χ0v) is 22.5. The topological polar surface area (TPSA) is 111 Å². The number of hydrogen-bond acceptors (Lipinski definition) is 7. The van der Waals surface area contributed by atoms with Gasteiger partial charge in [0.25, 0.3) is 0 Å². The molecule has 1 aliphatic rings. The average molecular weight is 581 g/mol. The number of aromatic nitrogens is 6. The van der Waals surface area contributed by atoms with Crippen LogP contribution in [-0.4, -0.2) is 67.2 Å². The number of halogens is 4. The number of anilines is 1. The Morgan fingerprint density at radius 2 is 1.85 bits per heavy atom. The van der Waals surface area contributed by atoms with Crippen LogP contribution in [0.15, 0.2) is 49.4 Å². The molecule has 4 heterocycles. The fraction of sp³-hybridized carbons (Fsp3) is 0.333. The minimum atomic E-state index is -4.71. The molecule has 1 N–H and O–H groups in total. The molecule has 0 saturated carbocycles. The standard InChI is InChI=1S/C24H24ClF3N8O2S/c1-34-13-29-11-21(34)15-3-4-20(18(25)9-15)35-12-19(31-14-35)22-17(24(26,27)28)10-30-23(33-22)32-16-5-7-36(8-6-16)39(2,37)38/h3-4,9-14,16H,5-8H2,1-2H3,(H,30,32,33). The Hall–Kier alpha value is -3.49. The summed E-state index contributed by atoms with van der Waals surface area (Å²) in [5.41, 5.74) is 0.800. The quantitative estimate of drug-likeness (QED) is 0.363. The van der Waals surface area contributed by atoms with Gasteiger partial charge in [0.15, 0.2) is 0 Å². The van der Waals surface area contributed by atoms with Crippen LogP contribution in [0.3, 0.4) is 0 Å². The minimum absolute atomic E-state index is 0.00363. The molecular weight excluding hydrogens is 557 g/mol. The molecule has 0 radical (unpaired) electrons. The second-order valence-corrected chi connectivity index (χ2v) is 11.6. The molecule has 3 aromatic heterocycles. The molecule has 0 aliphatic carbocycles. The first-order valence-electron chi connectivity index (χ1n) is 11.9. The summed E-state index contributed by atoms with van der Waals surface area (Å²) in [5.74, 6) is 0.00363. The predicted octanol–water partition coefficient (Wildman–Crippen LogP) is 4.24. The maximum atomic E-state index is 13.9. The van der Waals surface area contributed by atoms with Gasteiger partial charge in [-0.3, -0.25) is 0 Å². The summed E-state index contributed by atoms with van der Waals surface area (Å²) in [6.45, 7) is 0.600. The molecule has 1 saturated heterocycles. The fourth-order valence-corrected chi connectivity index (χ4v) is 5.61. The molecule has 1 aliphatic heterocycles. The molecule has 0 bridgehead atoms. The Morgan fingerprint density at radius 1 is 1.10 bits per heavy atom. The van der Waals surface area contributed by atoms with Gasteiger partial charge in [-0.15, -0.1) is 0 Å². The third-order valence-corrected chi connectivity index (χ3v) is 8.12. The summed E-state index contributed by atoms with van der Waals surface area (Å²) in [6, 6.07) is 5.13. The van der Waals surface area contributed by atoms with Crippen molar-refractivity contribution in [3.8, 4) is 28.3 Å². The molecule has 5 rings (SSSR count). The van der Waals surface area contributed by atoms with Crippen LogP contribution in [0.2, 0.25) is 5.02 Å². The number of hydrogen-bond donors (Lipinski definition) is 1. The van der Waals surface area contributed by atoms with E-state index in [0.717, 1.165) is 23.7 Å². The Bertz CT molecular complexity index is 1610. The van der Waals surface area contributed by atoms with Crippen molar-refractivity contribution in [1.29, 1.82) is 0 Å². The van der Waals surface area contributed by atoms with Gasteiger partial charge in [0.1, 0.15) is 23.3 Å². The smallest absolute Gasteiger partial charge is 0.351 e. The molecule has 0 unspecified atom stereocenters. The van der Waals surface area contributed by atoms with Crippen molar-refractivity contribution in [3.63, 3.8) is 0 Å². The van der Waals surface area contributed by atoms with Gasteiger partial charge in [0.05, 0.1) is 35.2 Å². The first-order valence-corrected chi connectivity index (χ1v) is 14.1. The number of piperidine rings is 1. The summed E-state index contributed by atoms with van der Waals surface area (Å²) < 4.78 is 69.8. The largest absolute Gasteiger partial charge is 0.420 e. The molecule has 10 nitrogen and oxygen atoms in total. The molecule has 1 aromatic carbocycles. The van der Waals surface area contributed by atoms with E-state index >= 15 is 0 Å². The number of benzene rings is 1. The molecule has 0 atom stereocenters. The van der Waals surface area contributed by atoms with Crippen LogP contribution < -0.4 is 5.32 Å². The average Bonchev–Trinajstić information content (AvgIpc) is 3.52. The highest BCUT2D eigenvalue weighted by atomic mass is 35.5. The van der Waals surface area contributed by atoms with Crippen LogP contribution in [0.25, 0.3) is 28.3 Å². The van der Waals surface area contributed by atoms with Crippen LogP contribution in [0.5, 0.6) is 0 Å². The van der Waals surface area contributed by atoms with Crippen LogP contribution in [0.1, 0.15) is 18.4 Å². The molecule has 1 fully saturated rings. The number of rotatable bonds is 6. The van der Waals surface area contributed by atoms with E-state index in [1.807, 2.05) is 17.7 Å². The maximum absolute atomic E-state index is 13.9. The van der Waals surface area contributed by atoms with Gasteiger partial charge in [0.2, 0.25) is 16.0 Å². The van der Waals surface area contributed by atoms with Crippen molar-refractivity contribution in [1.82, 2.24) is 33.4 Å². The number of imidazole rings is 2. The highest BCUT2D eigenvalue weighted by Gasteiger charge is 2.36. The van der Waals surface area contributed by atoms with Gasteiger partial charge in [-0.1, -0.05) is 17.7 Å². The van der Waals surface area contributed by atoms with Crippen molar-refractivity contribution in [2.75, 3.05) is 24.7 Å². The second-order valence-electron chi connectivity index (χ2n) is 9.26. The van der Waals surface area contributed by atoms with E-state index in [1.165, 1.54) is 21.4 Å². The lowest BCUT2D eigenvalue weighted by molar-refractivity contribution is -0.137. The van der Waals surface area contributed by atoms with Gasteiger partial charge < -0.3 is 14.5 Å². The van der Waals surface area contributed by atoms with Gasteiger partial charge in [-0.25, -0.2) is 32.7 Å². The highest BCUT2D eigenvalue weighted by Crippen LogP contribution is 2.36. The molecular formula is C24H24ClF3N8O2S. The van der Waals surface area contributed by atoms with E-state index in [0.29, 0.717) is 36.6 Å². The molecule has 0 spiro atoms. The Morgan fingerprint density at radius 3 is 2.46 bits per heavy atom. The second kappa shape index (κ2) is 10.2. The first kappa shape index (κ1) is 27.1. The molecule has 0 amide bonds. The number of nitrogens with zero attached hydrogens (tertiary/aromatic N) is 7. The normalized spacial score (nSPS) is 15.5. The number of sulfonamides is 1. The Labute approximate surface area is 227 Å². The van der Waals surface area contributed by atoms with Crippen LogP contribution in [0.4, 0.5) is 19.1 Å². The van der Waals surface area contributed by atoms with Gasteiger partial charge in [-0.2, -0.15) is 13.2 Å². The van der Waals surface area contributed by atoms with Gasteiger partial charge in [0, 0.05) is 44.1 Å². The van der Waals surface area contributed by atoms with E-state index in [4.69, 9.17) is 11.6 Å². The van der Waals surface area contributed by atoms with Crippen molar-refractivity contribution in [2.24, 2.45) is 7.05 Å². The molecule has 15 heteroatoms. The van der Waals surface area contributed by atoms with Crippen molar-refractivity contribution >= 4 is 27.6 Å². The summed E-state index contributed by atoms with van der Waals surface area (Å²) in [4.78, 5) is 16.3. The molecule has 39 heavy (non-hydrogen) atoms. The zero-order chi connectivity index (χ0) is 27.9. The Balaban J connectivity index is 1.42. The Kier molecular flexibility index (Phi) is 7.11. The number of nitrogens with one attached hydrogen (secondary N) is 1. The maximum Gasteiger partial charge on any atom is 0.420 e. The minimum Gasteiger partial charge on any atom is -0.351 e. The van der Waals surface area contributed by atoms with E-state index in [1.54, 1.807) is 24.7 Å². The van der Waals surface area contributed by atoms with E-state index in [-0.39, 0.29) is 23.4 Å². The SMILES string of the molecule is Cn1cncc1-c1ccc(-n2cnc(-c3nc(NC4CCN(S(C)(=O)=O)CC4)ncc3C(F)(F)F)c2)c(Cl)c1. The number of aryl methyl sites for hydroxylation is 1. The number of alkyl halides is 3. The predicted molar refractivity (Wildman–Crippen MR) is 140 cm³/mol. The summed E-state index contributed by atoms with van der Waals surface area (Å²) in [7, 11) is -1.45. The third-order valence-electron chi connectivity index (χ3n) is 6.51.